The SMILES string of the molecule is CC(CNCCO[C@H]1OC2O[C@]3(C)CCC4[C@H](C)CCC([C@H]1C)C24OO3)Nc1ccnc2cc(Cl)ccc12. The first-order valence-corrected chi connectivity index (χ1v) is 14.5. The Labute approximate surface area is 230 Å². The molecule has 5 heterocycles. The average Bonchev–Trinajstić information content (AvgIpc) is 3.12. The van der Waals surface area contributed by atoms with Gasteiger partial charge in [0.1, 0.15) is 0 Å². The number of nitrogens with one attached hydrogen (secondary N) is 2. The van der Waals surface area contributed by atoms with E-state index in [9.17, 15) is 0 Å². The minimum Gasteiger partial charge on any atom is -0.381 e. The van der Waals surface area contributed by atoms with Crippen molar-refractivity contribution in [2.75, 3.05) is 25.0 Å². The van der Waals surface area contributed by atoms with Gasteiger partial charge in [-0.25, -0.2) is 9.78 Å². The largest absolute Gasteiger partial charge is 0.381 e. The Balaban J connectivity index is 1.02. The lowest BCUT2D eigenvalue weighted by molar-refractivity contribution is -0.577. The summed E-state index contributed by atoms with van der Waals surface area (Å²) < 4.78 is 19.2. The molecule has 5 aliphatic rings. The van der Waals surface area contributed by atoms with Crippen LogP contribution in [0, 0.1) is 23.7 Å². The van der Waals surface area contributed by atoms with Crippen LogP contribution in [0.3, 0.4) is 0 Å². The number of aromatic nitrogens is 1. The molecule has 5 unspecified atom stereocenters. The van der Waals surface area contributed by atoms with E-state index in [-0.39, 0.29) is 24.2 Å². The molecule has 2 N–H and O–H groups in total. The number of ether oxygens (including phenoxy) is 3. The lowest BCUT2D eigenvalue weighted by Crippen LogP contribution is -2.70. The van der Waals surface area contributed by atoms with Gasteiger partial charge >= 0.3 is 0 Å². The van der Waals surface area contributed by atoms with Crippen molar-refractivity contribution >= 4 is 28.2 Å². The number of benzene rings is 1. The van der Waals surface area contributed by atoms with Crippen LogP contribution in [0.4, 0.5) is 5.69 Å². The summed E-state index contributed by atoms with van der Waals surface area (Å²) in [7, 11) is 0. The molecule has 1 aromatic carbocycles. The highest BCUT2D eigenvalue weighted by atomic mass is 35.5. The third-order valence-corrected chi connectivity index (χ3v) is 9.45. The molecule has 2 bridgehead atoms. The fraction of sp³-hybridized carbons (Fsp3) is 0.690. The first kappa shape index (κ1) is 26.7. The minimum absolute atomic E-state index is 0.185. The maximum Gasteiger partial charge on any atom is 0.201 e. The molecule has 1 aliphatic carbocycles. The van der Waals surface area contributed by atoms with Crippen LogP contribution in [0.25, 0.3) is 10.9 Å². The van der Waals surface area contributed by atoms with Crippen molar-refractivity contribution in [3.8, 4) is 0 Å². The molecule has 9 atom stereocenters. The van der Waals surface area contributed by atoms with Gasteiger partial charge in [0.05, 0.1) is 12.1 Å². The van der Waals surface area contributed by atoms with Gasteiger partial charge in [-0.3, -0.25) is 4.98 Å². The first-order valence-electron chi connectivity index (χ1n) is 14.1. The lowest BCUT2D eigenvalue weighted by Gasteiger charge is -2.60. The van der Waals surface area contributed by atoms with E-state index >= 15 is 0 Å². The third kappa shape index (κ3) is 4.72. The molecule has 0 radical (unpaired) electrons. The molecule has 208 valence electrons. The van der Waals surface area contributed by atoms with E-state index in [4.69, 9.17) is 35.6 Å². The van der Waals surface area contributed by atoms with E-state index in [2.05, 4.69) is 36.4 Å². The molecule has 4 saturated heterocycles. The van der Waals surface area contributed by atoms with Gasteiger partial charge in [-0.15, -0.1) is 0 Å². The number of fused-ring (bicyclic) bond motifs is 3. The maximum absolute atomic E-state index is 6.51. The van der Waals surface area contributed by atoms with Gasteiger partial charge in [0, 0.05) is 59.7 Å². The average molecular weight is 546 g/mol. The Bertz CT molecular complexity index is 1150. The second-order valence-corrected chi connectivity index (χ2v) is 12.4. The van der Waals surface area contributed by atoms with Crippen LogP contribution in [0.1, 0.15) is 53.4 Å². The standard InChI is InChI=1S/C29H40ClN3O5/c1-17-5-8-23-19(3)26(35-27-29(23)22(17)9-11-28(4,36-27)37-38-29)34-14-13-31-16-18(2)33-24-10-12-32-25-15-20(30)6-7-21(24)25/h6-7,10,12,15,17-19,22-23,26-27,31H,5,8-9,11,13-14,16H2,1-4H3,(H,32,33)/t17-,18?,19-,22?,23?,26+,27?,28+,29?/m1/s1. The van der Waals surface area contributed by atoms with Crippen LogP contribution in [-0.4, -0.2) is 54.7 Å². The highest BCUT2D eigenvalue weighted by Gasteiger charge is 2.69. The second kappa shape index (κ2) is 10.5. The maximum atomic E-state index is 6.51. The van der Waals surface area contributed by atoms with Gasteiger partial charge in [0.25, 0.3) is 0 Å². The zero-order chi connectivity index (χ0) is 26.5. The zero-order valence-electron chi connectivity index (χ0n) is 22.7. The van der Waals surface area contributed by atoms with E-state index in [0.717, 1.165) is 48.9 Å². The zero-order valence-corrected chi connectivity index (χ0v) is 23.5. The van der Waals surface area contributed by atoms with Crippen molar-refractivity contribution in [1.82, 2.24) is 10.3 Å². The van der Waals surface area contributed by atoms with Crippen LogP contribution in [0.15, 0.2) is 30.5 Å². The van der Waals surface area contributed by atoms with Crippen molar-refractivity contribution in [2.24, 2.45) is 23.7 Å². The molecule has 0 amide bonds. The summed E-state index contributed by atoms with van der Waals surface area (Å²) in [4.78, 5) is 16.5. The second-order valence-electron chi connectivity index (χ2n) is 11.9. The van der Waals surface area contributed by atoms with E-state index in [1.807, 2.05) is 31.2 Å². The van der Waals surface area contributed by atoms with Crippen LogP contribution in [0.2, 0.25) is 5.02 Å². The topological polar surface area (TPSA) is 83.1 Å². The Morgan fingerprint density at radius 3 is 2.89 bits per heavy atom. The first-order chi connectivity index (χ1) is 18.3. The number of halogens is 1. The van der Waals surface area contributed by atoms with Gasteiger partial charge in [-0.05, 0) is 69.2 Å². The van der Waals surface area contributed by atoms with E-state index in [0.29, 0.717) is 23.5 Å². The predicted molar refractivity (Wildman–Crippen MR) is 145 cm³/mol. The Hall–Kier alpha value is -1.52. The van der Waals surface area contributed by atoms with Crippen molar-refractivity contribution < 1.29 is 24.0 Å². The van der Waals surface area contributed by atoms with Crippen molar-refractivity contribution in [3.05, 3.63) is 35.5 Å². The minimum atomic E-state index is -0.764. The molecule has 38 heavy (non-hydrogen) atoms. The van der Waals surface area contributed by atoms with Crippen molar-refractivity contribution in [1.29, 1.82) is 0 Å². The summed E-state index contributed by atoms with van der Waals surface area (Å²) in [6.07, 6.45) is 5.11. The summed E-state index contributed by atoms with van der Waals surface area (Å²) in [5.74, 6) is 0.614. The van der Waals surface area contributed by atoms with E-state index < -0.39 is 17.7 Å². The molecule has 8 nitrogen and oxygen atoms in total. The van der Waals surface area contributed by atoms with Crippen molar-refractivity contribution in [3.63, 3.8) is 0 Å². The predicted octanol–water partition coefficient (Wildman–Crippen LogP) is 5.50. The summed E-state index contributed by atoms with van der Waals surface area (Å²) in [5, 5.41) is 8.84. The molecule has 7 rings (SSSR count). The molecule has 1 aromatic heterocycles. The Kier molecular flexibility index (Phi) is 7.35. The quantitative estimate of drug-likeness (QED) is 0.332. The fourth-order valence-electron chi connectivity index (χ4n) is 7.19. The van der Waals surface area contributed by atoms with Gasteiger partial charge in [-0.2, -0.15) is 0 Å². The van der Waals surface area contributed by atoms with Gasteiger partial charge in [-0.1, -0.05) is 25.4 Å². The summed E-state index contributed by atoms with van der Waals surface area (Å²) in [5.41, 5.74) is 1.39. The van der Waals surface area contributed by atoms with Crippen LogP contribution in [0.5, 0.6) is 0 Å². The molecule has 2 aromatic rings. The molecule has 9 heteroatoms. The number of anilines is 1. The summed E-state index contributed by atoms with van der Waals surface area (Å²) >= 11 is 6.12. The van der Waals surface area contributed by atoms with E-state index in [1.54, 1.807) is 6.20 Å². The molecule has 1 saturated carbocycles. The highest BCUT2D eigenvalue weighted by molar-refractivity contribution is 6.31. The Morgan fingerprint density at radius 2 is 2.03 bits per heavy atom. The normalized spacial score (nSPS) is 39.0. The molecule has 4 aliphatic heterocycles. The smallest absolute Gasteiger partial charge is 0.201 e. The van der Waals surface area contributed by atoms with E-state index in [1.165, 1.54) is 6.42 Å². The van der Waals surface area contributed by atoms with Crippen LogP contribution < -0.4 is 10.6 Å². The monoisotopic (exact) mass is 545 g/mol. The van der Waals surface area contributed by atoms with Crippen LogP contribution in [-0.2, 0) is 24.0 Å². The van der Waals surface area contributed by atoms with Gasteiger partial charge in [0.15, 0.2) is 18.2 Å². The molecular weight excluding hydrogens is 506 g/mol. The third-order valence-electron chi connectivity index (χ3n) is 9.22. The number of nitrogens with zero attached hydrogens (tertiary/aromatic N) is 1. The molecule has 1 spiro atoms. The summed E-state index contributed by atoms with van der Waals surface area (Å²) in [6.45, 7) is 10.7. The van der Waals surface area contributed by atoms with Gasteiger partial charge in [0.2, 0.25) is 5.79 Å². The number of hydrogen-bond acceptors (Lipinski definition) is 8. The number of pyridine rings is 1. The Morgan fingerprint density at radius 1 is 1.16 bits per heavy atom. The van der Waals surface area contributed by atoms with Crippen LogP contribution >= 0.6 is 11.6 Å². The highest BCUT2D eigenvalue weighted by Crippen LogP contribution is 2.60. The molecular formula is C29H40ClN3O5. The number of rotatable bonds is 8. The fourth-order valence-corrected chi connectivity index (χ4v) is 7.36. The lowest BCUT2D eigenvalue weighted by atomic mass is 9.58. The number of hydrogen-bond donors (Lipinski definition) is 2. The summed E-state index contributed by atoms with van der Waals surface area (Å²) in [6, 6.07) is 8.00. The molecule has 5 fully saturated rings. The van der Waals surface area contributed by atoms with Crippen molar-refractivity contribution in [2.45, 2.75) is 83.4 Å². The van der Waals surface area contributed by atoms with Gasteiger partial charge < -0.3 is 24.8 Å².